The fourth-order valence-corrected chi connectivity index (χ4v) is 2.49. The predicted octanol–water partition coefficient (Wildman–Crippen LogP) is 1.68. The van der Waals surface area contributed by atoms with Crippen LogP contribution in [0.5, 0.6) is 0 Å². The molecule has 2 aliphatic rings. The molecule has 1 heterocycles. The van der Waals surface area contributed by atoms with Crippen LogP contribution in [0.1, 0.15) is 13.8 Å². The highest BCUT2D eigenvalue weighted by atomic mass is 35.5. The summed E-state index contributed by atoms with van der Waals surface area (Å²) in [7, 11) is 0. The average Bonchev–Trinajstić information content (AvgIpc) is 2.72. The molecule has 1 aliphatic carbocycles. The number of rotatable bonds is 2. The second kappa shape index (κ2) is 4.98. The van der Waals surface area contributed by atoms with Crippen LogP contribution in [0.4, 0.5) is 0 Å². The van der Waals surface area contributed by atoms with E-state index in [-0.39, 0.29) is 22.4 Å². The minimum absolute atomic E-state index is 0.116. The predicted molar refractivity (Wildman–Crippen MR) is 66.4 cm³/mol. The number of hydrogen-bond donors (Lipinski definition) is 0. The van der Waals surface area contributed by atoms with Gasteiger partial charge in [0.15, 0.2) is 11.9 Å². The Labute approximate surface area is 119 Å². The first-order valence-corrected chi connectivity index (χ1v) is 6.34. The molecule has 5 nitrogen and oxygen atoms in total. The van der Waals surface area contributed by atoms with Crippen LogP contribution in [0.2, 0.25) is 0 Å². The molecule has 0 saturated carbocycles. The number of carbonyl (C=O) groups excluding carboxylic acids is 3. The highest BCUT2D eigenvalue weighted by molar-refractivity contribution is 6.56. The van der Waals surface area contributed by atoms with E-state index < -0.39 is 29.6 Å². The van der Waals surface area contributed by atoms with Crippen molar-refractivity contribution >= 4 is 40.7 Å². The molecule has 1 aliphatic heterocycles. The lowest BCUT2D eigenvalue weighted by Gasteiger charge is -2.22. The van der Waals surface area contributed by atoms with E-state index in [1.54, 1.807) is 6.92 Å². The Balaban J connectivity index is 2.40. The molecule has 0 aromatic rings. The van der Waals surface area contributed by atoms with Gasteiger partial charge in [-0.25, -0.2) is 4.79 Å². The number of fused-ring (bicyclic) bond motifs is 1. The summed E-state index contributed by atoms with van der Waals surface area (Å²) < 4.78 is 10.1. The highest BCUT2D eigenvalue weighted by Gasteiger charge is 2.51. The minimum atomic E-state index is -1.12. The summed E-state index contributed by atoms with van der Waals surface area (Å²) >= 11 is 11.4. The summed E-state index contributed by atoms with van der Waals surface area (Å²) in [5.74, 6) is -2.85. The molecule has 0 aromatic carbocycles. The largest absolute Gasteiger partial charge is 0.474 e. The summed E-state index contributed by atoms with van der Waals surface area (Å²) in [5.41, 5.74) is 0.337. The molecule has 0 bridgehead atoms. The maximum absolute atomic E-state index is 12.0. The lowest BCUT2D eigenvalue weighted by molar-refractivity contribution is -0.145. The van der Waals surface area contributed by atoms with Gasteiger partial charge in [0, 0.05) is 0 Å². The molecule has 2 unspecified atom stereocenters. The van der Waals surface area contributed by atoms with E-state index in [2.05, 4.69) is 0 Å². The van der Waals surface area contributed by atoms with Gasteiger partial charge in [-0.15, -0.1) is 0 Å². The van der Waals surface area contributed by atoms with Crippen LogP contribution in [0.3, 0.4) is 0 Å². The Kier molecular flexibility index (Phi) is 3.69. The Hall–Kier alpha value is -1.33. The third-order valence-electron chi connectivity index (χ3n) is 3.00. The third-order valence-corrected chi connectivity index (χ3v) is 3.85. The van der Waals surface area contributed by atoms with Crippen LogP contribution in [-0.2, 0) is 23.9 Å². The molecule has 0 N–H and O–H groups in total. The van der Waals surface area contributed by atoms with Crippen molar-refractivity contribution < 1.29 is 23.9 Å². The zero-order chi connectivity index (χ0) is 14.3. The van der Waals surface area contributed by atoms with Gasteiger partial charge in [0.25, 0.3) is 0 Å². The monoisotopic (exact) mass is 304 g/mol. The second-order valence-electron chi connectivity index (χ2n) is 4.11. The van der Waals surface area contributed by atoms with E-state index in [0.29, 0.717) is 5.57 Å². The quantitative estimate of drug-likeness (QED) is 0.726. The van der Waals surface area contributed by atoms with E-state index in [4.69, 9.17) is 32.7 Å². The van der Waals surface area contributed by atoms with Crippen LogP contribution in [-0.4, -0.2) is 30.2 Å². The zero-order valence-corrected chi connectivity index (χ0v) is 11.7. The lowest BCUT2D eigenvalue weighted by Crippen LogP contribution is -2.38. The van der Waals surface area contributed by atoms with Crippen molar-refractivity contribution in [3.05, 3.63) is 21.4 Å². The number of allylic oxidation sites excluding steroid dienone is 1. The van der Waals surface area contributed by atoms with E-state index >= 15 is 0 Å². The smallest absolute Gasteiger partial charge is 0.373 e. The summed E-state index contributed by atoms with van der Waals surface area (Å²) in [5, 5.41) is -0.674. The molecule has 0 fully saturated rings. The molecule has 0 radical (unpaired) electrons. The molecule has 0 spiro atoms. The topological polar surface area (TPSA) is 69.7 Å². The summed E-state index contributed by atoms with van der Waals surface area (Å²) in [6, 6.07) is 0. The molecular weight excluding hydrogens is 295 g/mol. The first kappa shape index (κ1) is 14.1. The minimum Gasteiger partial charge on any atom is -0.474 e. The first-order chi connectivity index (χ1) is 8.90. The average molecular weight is 305 g/mol. The summed E-state index contributed by atoms with van der Waals surface area (Å²) in [6.45, 7) is 3.34. The molecular formula is C12H10Cl2O5. The molecule has 19 heavy (non-hydrogen) atoms. The number of halogens is 2. The molecule has 102 valence electrons. The van der Waals surface area contributed by atoms with Gasteiger partial charge in [-0.3, -0.25) is 9.59 Å². The third kappa shape index (κ3) is 2.07. The zero-order valence-electron chi connectivity index (χ0n) is 10.2. The van der Waals surface area contributed by atoms with Crippen LogP contribution in [0.15, 0.2) is 21.4 Å². The van der Waals surface area contributed by atoms with Gasteiger partial charge in [-0.05, 0) is 19.4 Å². The van der Waals surface area contributed by atoms with Crippen molar-refractivity contribution in [2.24, 2.45) is 5.92 Å². The van der Waals surface area contributed by atoms with Crippen LogP contribution >= 0.6 is 23.2 Å². The van der Waals surface area contributed by atoms with Gasteiger partial charge >= 0.3 is 5.97 Å². The Bertz CT molecular complexity index is 546. The Morgan fingerprint density at radius 1 is 1.26 bits per heavy atom. The van der Waals surface area contributed by atoms with Gasteiger partial charge in [0.2, 0.25) is 11.5 Å². The Morgan fingerprint density at radius 2 is 1.84 bits per heavy atom. The standard InChI is InChI=1S/C12H10Cl2O5/c1-3-18-12(17)10-4(2)5-8(15)6(13)7(14)9(16)11(5)19-10/h5,11H,3H2,1-2H3. The van der Waals surface area contributed by atoms with Crippen LogP contribution < -0.4 is 0 Å². The number of esters is 1. The highest BCUT2D eigenvalue weighted by Crippen LogP contribution is 2.41. The summed E-state index contributed by atoms with van der Waals surface area (Å²) in [6.07, 6.45) is -1.12. The maximum atomic E-state index is 12.0. The van der Waals surface area contributed by atoms with Crippen molar-refractivity contribution in [2.75, 3.05) is 6.61 Å². The van der Waals surface area contributed by atoms with E-state index in [9.17, 15) is 14.4 Å². The Morgan fingerprint density at radius 3 is 2.42 bits per heavy atom. The fourth-order valence-electron chi connectivity index (χ4n) is 2.08. The van der Waals surface area contributed by atoms with Crippen molar-refractivity contribution in [1.82, 2.24) is 0 Å². The van der Waals surface area contributed by atoms with Gasteiger partial charge in [0.05, 0.1) is 12.5 Å². The van der Waals surface area contributed by atoms with Gasteiger partial charge in [-0.1, -0.05) is 23.2 Å². The first-order valence-electron chi connectivity index (χ1n) is 5.58. The maximum Gasteiger partial charge on any atom is 0.373 e. The second-order valence-corrected chi connectivity index (χ2v) is 4.86. The number of ketones is 2. The van der Waals surface area contributed by atoms with Crippen LogP contribution in [0.25, 0.3) is 0 Å². The SMILES string of the molecule is CCOC(=O)C1=C(C)C2C(=O)C(Cl)=C(Cl)C(=O)C2O1. The van der Waals surface area contributed by atoms with E-state index in [1.165, 1.54) is 6.92 Å². The normalized spacial score (nSPS) is 26.5. The van der Waals surface area contributed by atoms with Gasteiger partial charge < -0.3 is 9.47 Å². The molecule has 0 aromatic heterocycles. The fraction of sp³-hybridized carbons (Fsp3) is 0.417. The van der Waals surface area contributed by atoms with Crippen molar-refractivity contribution in [1.29, 1.82) is 0 Å². The molecule has 0 amide bonds. The molecule has 7 heteroatoms. The van der Waals surface area contributed by atoms with Crippen molar-refractivity contribution in [3.63, 3.8) is 0 Å². The number of hydrogen-bond acceptors (Lipinski definition) is 5. The van der Waals surface area contributed by atoms with Crippen molar-refractivity contribution in [3.8, 4) is 0 Å². The van der Waals surface area contributed by atoms with E-state index in [0.717, 1.165) is 0 Å². The molecule has 0 saturated heterocycles. The molecule has 2 rings (SSSR count). The van der Waals surface area contributed by atoms with Gasteiger partial charge in [0.1, 0.15) is 10.1 Å². The van der Waals surface area contributed by atoms with Crippen LogP contribution in [0, 0.1) is 5.92 Å². The summed E-state index contributed by atoms with van der Waals surface area (Å²) in [4.78, 5) is 35.6. The van der Waals surface area contributed by atoms with Crippen molar-refractivity contribution in [2.45, 2.75) is 20.0 Å². The number of Topliss-reactive ketones (excluding diaryl/α,β-unsaturated/α-hetero) is 2. The van der Waals surface area contributed by atoms with E-state index in [1.807, 2.05) is 0 Å². The number of ether oxygens (including phenoxy) is 2. The number of carbonyl (C=O) groups is 3. The molecule has 2 atom stereocenters. The lowest BCUT2D eigenvalue weighted by atomic mass is 9.85. The van der Waals surface area contributed by atoms with Gasteiger partial charge in [-0.2, -0.15) is 0 Å².